The first kappa shape index (κ1) is 21.2. The number of methoxy groups -OCH3 is 1. The maximum absolute atomic E-state index is 13.6. The fourth-order valence-electron chi connectivity index (χ4n) is 4.40. The number of urea groups is 1. The van der Waals surface area contributed by atoms with Gasteiger partial charge < -0.3 is 19.5 Å². The molecule has 4 aromatic rings. The summed E-state index contributed by atoms with van der Waals surface area (Å²) in [7, 11) is 1.64. The zero-order valence-electron chi connectivity index (χ0n) is 18.2. The molecule has 0 fully saturated rings. The standard InChI is InChI=1S/C27H24ClN3O2/c1-33-23-8-4-6-19(16-23)17-29-27(32)31-18-21-7-2-3-9-24(21)30-15-5-10-25(30)26(31)20-11-13-22(28)14-12-20/h2-16,26H,17-18H2,1H3,(H,29,32). The summed E-state index contributed by atoms with van der Waals surface area (Å²) in [5.74, 6) is 0.766. The molecular formula is C27H24ClN3O2. The molecule has 5 rings (SSSR count). The molecule has 1 aliphatic heterocycles. The van der Waals surface area contributed by atoms with Crippen LogP contribution in [0.5, 0.6) is 5.75 Å². The molecule has 0 radical (unpaired) electrons. The van der Waals surface area contributed by atoms with E-state index in [-0.39, 0.29) is 12.1 Å². The van der Waals surface area contributed by atoms with Crippen molar-refractivity contribution in [3.8, 4) is 11.4 Å². The minimum Gasteiger partial charge on any atom is -0.497 e. The first-order chi connectivity index (χ1) is 16.1. The van der Waals surface area contributed by atoms with Gasteiger partial charge in [-0.2, -0.15) is 0 Å². The number of carbonyl (C=O) groups excluding carboxylic acids is 1. The third-order valence-corrected chi connectivity index (χ3v) is 6.24. The average Bonchev–Trinajstić information content (AvgIpc) is 3.28. The van der Waals surface area contributed by atoms with Crippen molar-refractivity contribution in [3.05, 3.63) is 119 Å². The summed E-state index contributed by atoms with van der Waals surface area (Å²) >= 11 is 6.17. The SMILES string of the molecule is COc1cccc(CNC(=O)N2Cc3ccccc3-n3cccc3C2c2ccc(Cl)cc2)c1. The Labute approximate surface area is 198 Å². The number of aromatic nitrogens is 1. The molecule has 6 heteroatoms. The van der Waals surface area contributed by atoms with E-state index in [1.807, 2.05) is 71.6 Å². The number of hydrogen-bond acceptors (Lipinski definition) is 2. The fourth-order valence-corrected chi connectivity index (χ4v) is 4.52. The van der Waals surface area contributed by atoms with E-state index < -0.39 is 0 Å². The Morgan fingerprint density at radius 2 is 1.85 bits per heavy atom. The van der Waals surface area contributed by atoms with Gasteiger partial charge in [-0.15, -0.1) is 0 Å². The summed E-state index contributed by atoms with van der Waals surface area (Å²) in [5.41, 5.74) is 5.18. The summed E-state index contributed by atoms with van der Waals surface area (Å²) in [6.45, 7) is 0.887. The van der Waals surface area contributed by atoms with Crippen molar-refractivity contribution in [2.24, 2.45) is 0 Å². The largest absolute Gasteiger partial charge is 0.497 e. The lowest BCUT2D eigenvalue weighted by Crippen LogP contribution is -2.41. The molecule has 0 saturated carbocycles. The number of rotatable bonds is 4. The molecule has 0 spiro atoms. The van der Waals surface area contributed by atoms with E-state index in [2.05, 4.69) is 34.3 Å². The van der Waals surface area contributed by atoms with Crippen LogP contribution in [0.15, 0.2) is 91.1 Å². The van der Waals surface area contributed by atoms with Crippen LogP contribution in [-0.4, -0.2) is 22.6 Å². The zero-order valence-corrected chi connectivity index (χ0v) is 19.0. The minimum atomic E-state index is -0.269. The highest BCUT2D eigenvalue weighted by Gasteiger charge is 2.32. The highest BCUT2D eigenvalue weighted by molar-refractivity contribution is 6.30. The first-order valence-corrected chi connectivity index (χ1v) is 11.2. The van der Waals surface area contributed by atoms with Crippen LogP contribution in [0.1, 0.15) is 28.4 Å². The Morgan fingerprint density at radius 3 is 2.67 bits per heavy atom. The molecule has 1 unspecified atom stereocenters. The molecule has 1 aliphatic rings. The summed E-state index contributed by atoms with van der Waals surface area (Å²) in [4.78, 5) is 15.5. The fraction of sp³-hybridized carbons (Fsp3) is 0.148. The van der Waals surface area contributed by atoms with Crippen LogP contribution in [0.2, 0.25) is 5.02 Å². The van der Waals surface area contributed by atoms with Crippen molar-refractivity contribution >= 4 is 17.6 Å². The number of ether oxygens (including phenoxy) is 1. The van der Waals surface area contributed by atoms with Crippen molar-refractivity contribution in [2.75, 3.05) is 7.11 Å². The number of benzene rings is 3. The highest BCUT2D eigenvalue weighted by Crippen LogP contribution is 2.36. The van der Waals surface area contributed by atoms with E-state index >= 15 is 0 Å². The number of nitrogens with zero attached hydrogens (tertiary/aromatic N) is 2. The van der Waals surface area contributed by atoms with Crippen LogP contribution >= 0.6 is 11.6 Å². The van der Waals surface area contributed by atoms with Crippen molar-refractivity contribution in [3.63, 3.8) is 0 Å². The molecule has 5 nitrogen and oxygen atoms in total. The first-order valence-electron chi connectivity index (χ1n) is 10.8. The number of amides is 2. The molecular weight excluding hydrogens is 434 g/mol. The van der Waals surface area contributed by atoms with Crippen LogP contribution in [0, 0.1) is 0 Å². The summed E-state index contributed by atoms with van der Waals surface area (Å²) in [6, 6.07) is 27.3. The number of carbonyl (C=O) groups is 1. The average molecular weight is 458 g/mol. The Kier molecular flexibility index (Phi) is 5.80. The number of halogens is 1. The second kappa shape index (κ2) is 9.04. The van der Waals surface area contributed by atoms with Gasteiger partial charge in [-0.1, -0.05) is 54.1 Å². The molecule has 1 aromatic heterocycles. The Morgan fingerprint density at radius 1 is 1.03 bits per heavy atom. The van der Waals surface area contributed by atoms with Gasteiger partial charge in [0.15, 0.2) is 0 Å². The van der Waals surface area contributed by atoms with Crippen molar-refractivity contribution in [1.29, 1.82) is 0 Å². The lowest BCUT2D eigenvalue weighted by Gasteiger charge is -2.31. The van der Waals surface area contributed by atoms with Crippen molar-refractivity contribution < 1.29 is 9.53 Å². The summed E-state index contributed by atoms with van der Waals surface area (Å²) in [5, 5.41) is 3.78. The van der Waals surface area contributed by atoms with Crippen LogP contribution in [0.4, 0.5) is 4.79 Å². The van der Waals surface area contributed by atoms with Gasteiger partial charge in [-0.05, 0) is 59.2 Å². The molecule has 2 heterocycles. The predicted molar refractivity (Wildman–Crippen MR) is 130 cm³/mol. The van der Waals surface area contributed by atoms with Gasteiger partial charge in [0, 0.05) is 23.5 Å². The smallest absolute Gasteiger partial charge is 0.318 e. The number of hydrogen-bond donors (Lipinski definition) is 1. The van der Waals surface area contributed by atoms with Gasteiger partial charge in [-0.3, -0.25) is 0 Å². The third kappa shape index (κ3) is 4.20. The minimum absolute atomic E-state index is 0.137. The topological polar surface area (TPSA) is 46.5 Å². The van der Waals surface area contributed by atoms with Gasteiger partial charge in [0.05, 0.1) is 25.4 Å². The van der Waals surface area contributed by atoms with E-state index in [4.69, 9.17) is 16.3 Å². The molecule has 0 bridgehead atoms. The van der Waals surface area contributed by atoms with Crippen LogP contribution < -0.4 is 10.1 Å². The lowest BCUT2D eigenvalue weighted by atomic mass is 10.0. The quantitative estimate of drug-likeness (QED) is 0.411. The van der Waals surface area contributed by atoms with E-state index in [0.29, 0.717) is 18.1 Å². The van der Waals surface area contributed by atoms with Gasteiger partial charge >= 0.3 is 6.03 Å². The van der Waals surface area contributed by atoms with Crippen LogP contribution in [0.25, 0.3) is 5.69 Å². The molecule has 1 N–H and O–H groups in total. The number of fused-ring (bicyclic) bond motifs is 3. The zero-order chi connectivity index (χ0) is 22.8. The summed E-state index contributed by atoms with van der Waals surface area (Å²) in [6.07, 6.45) is 2.05. The maximum atomic E-state index is 13.6. The third-order valence-electron chi connectivity index (χ3n) is 5.99. The highest BCUT2D eigenvalue weighted by atomic mass is 35.5. The second-order valence-corrected chi connectivity index (χ2v) is 8.46. The second-order valence-electron chi connectivity index (χ2n) is 8.02. The molecule has 0 aliphatic carbocycles. The monoisotopic (exact) mass is 457 g/mol. The molecule has 2 amide bonds. The number of para-hydroxylation sites is 1. The number of nitrogens with one attached hydrogen (secondary N) is 1. The van der Waals surface area contributed by atoms with E-state index in [0.717, 1.165) is 33.8 Å². The Balaban J connectivity index is 1.53. The van der Waals surface area contributed by atoms with Gasteiger partial charge in [0.25, 0.3) is 0 Å². The van der Waals surface area contributed by atoms with Crippen molar-refractivity contribution in [1.82, 2.24) is 14.8 Å². The van der Waals surface area contributed by atoms with E-state index in [1.165, 1.54) is 0 Å². The maximum Gasteiger partial charge on any atom is 0.318 e. The summed E-state index contributed by atoms with van der Waals surface area (Å²) < 4.78 is 7.48. The van der Waals surface area contributed by atoms with E-state index in [9.17, 15) is 4.79 Å². The molecule has 0 saturated heterocycles. The van der Waals surface area contributed by atoms with Crippen molar-refractivity contribution in [2.45, 2.75) is 19.1 Å². The van der Waals surface area contributed by atoms with Gasteiger partial charge in [0.1, 0.15) is 5.75 Å². The lowest BCUT2D eigenvalue weighted by molar-refractivity contribution is 0.180. The molecule has 166 valence electrons. The van der Waals surface area contributed by atoms with Gasteiger partial charge in [0.2, 0.25) is 0 Å². The normalized spacial score (nSPS) is 14.7. The molecule has 3 aromatic carbocycles. The van der Waals surface area contributed by atoms with Gasteiger partial charge in [-0.25, -0.2) is 4.79 Å². The van der Waals surface area contributed by atoms with Crippen LogP contribution in [-0.2, 0) is 13.1 Å². The Hall–Kier alpha value is -3.70. The predicted octanol–water partition coefficient (Wildman–Crippen LogP) is 5.95. The van der Waals surface area contributed by atoms with Crippen LogP contribution in [0.3, 0.4) is 0 Å². The molecule has 33 heavy (non-hydrogen) atoms. The Bertz CT molecular complexity index is 1280. The van der Waals surface area contributed by atoms with E-state index in [1.54, 1.807) is 7.11 Å². The molecule has 1 atom stereocenters.